The highest BCUT2D eigenvalue weighted by Gasteiger charge is 2.17. The lowest BCUT2D eigenvalue weighted by atomic mass is 10.1. The predicted octanol–water partition coefficient (Wildman–Crippen LogP) is 6.43. The van der Waals surface area contributed by atoms with Crippen molar-refractivity contribution in [1.82, 2.24) is 9.97 Å². The van der Waals surface area contributed by atoms with E-state index in [-0.39, 0.29) is 16.1 Å². The molecule has 0 unspecified atom stereocenters. The Morgan fingerprint density at radius 2 is 1.57 bits per heavy atom. The average Bonchev–Trinajstić information content (AvgIpc) is 3.15. The van der Waals surface area contributed by atoms with Crippen molar-refractivity contribution in [2.24, 2.45) is 0 Å². The van der Waals surface area contributed by atoms with Gasteiger partial charge in [-0.1, -0.05) is 95.2 Å². The molecule has 1 N–H and O–H groups in total. The largest absolute Gasteiger partial charge is 0.298 e. The molecule has 0 aliphatic heterocycles. The highest BCUT2D eigenvalue weighted by Crippen LogP contribution is 2.39. The molecule has 1 amide bonds. The first-order valence-corrected chi connectivity index (χ1v) is 9.93. The van der Waals surface area contributed by atoms with E-state index in [9.17, 15) is 4.79 Å². The summed E-state index contributed by atoms with van der Waals surface area (Å²) in [6, 6.07) is 21.3. The minimum Gasteiger partial charge on any atom is -0.298 e. The van der Waals surface area contributed by atoms with Gasteiger partial charge in [0.2, 0.25) is 0 Å². The zero-order chi connectivity index (χ0) is 19.5. The van der Waals surface area contributed by atoms with Crippen LogP contribution in [0.3, 0.4) is 0 Å². The van der Waals surface area contributed by atoms with Crippen LogP contribution >= 0.6 is 34.5 Å². The Bertz CT molecular complexity index is 1070. The monoisotopic (exact) mass is 425 g/mol. The molecule has 2 heterocycles. The number of hydrogen-bond donors (Lipinski definition) is 1. The van der Waals surface area contributed by atoms with Gasteiger partial charge in [0.15, 0.2) is 5.13 Å². The Hall–Kier alpha value is -2.73. The van der Waals surface area contributed by atoms with Crippen molar-refractivity contribution in [3.8, 4) is 21.7 Å². The average molecular weight is 426 g/mol. The summed E-state index contributed by atoms with van der Waals surface area (Å²) in [5, 5.41) is 3.71. The van der Waals surface area contributed by atoms with Crippen LogP contribution < -0.4 is 5.32 Å². The van der Waals surface area contributed by atoms with E-state index in [2.05, 4.69) is 15.3 Å². The molecule has 0 fully saturated rings. The second-order valence-corrected chi connectivity index (χ2v) is 7.64. The summed E-state index contributed by atoms with van der Waals surface area (Å²) in [4.78, 5) is 22.2. The highest BCUT2D eigenvalue weighted by molar-refractivity contribution is 7.19. The first-order chi connectivity index (χ1) is 13.6. The second kappa shape index (κ2) is 8.10. The number of aromatic nitrogens is 2. The summed E-state index contributed by atoms with van der Waals surface area (Å²) in [5.41, 5.74) is 3.15. The maximum atomic E-state index is 12.6. The molecule has 4 aromatic rings. The molecule has 2 aromatic carbocycles. The van der Waals surface area contributed by atoms with Crippen LogP contribution in [0.2, 0.25) is 10.2 Å². The van der Waals surface area contributed by atoms with Crippen molar-refractivity contribution in [1.29, 1.82) is 0 Å². The fourth-order valence-corrected chi connectivity index (χ4v) is 3.92. The number of nitrogens with one attached hydrogen (secondary N) is 1. The van der Waals surface area contributed by atoms with Crippen LogP contribution in [-0.2, 0) is 0 Å². The van der Waals surface area contributed by atoms with Crippen molar-refractivity contribution >= 4 is 45.6 Å². The molecule has 0 bridgehead atoms. The number of nitrogens with zero attached hydrogens (tertiary/aromatic N) is 2. The van der Waals surface area contributed by atoms with E-state index in [4.69, 9.17) is 23.2 Å². The SMILES string of the molecule is O=C(Nc1nc(-c2ccccc2)c(-c2ccccc2)s1)c1cnc(Cl)c(Cl)c1. The van der Waals surface area contributed by atoms with Gasteiger partial charge in [-0.05, 0) is 11.6 Å². The summed E-state index contributed by atoms with van der Waals surface area (Å²) >= 11 is 13.2. The van der Waals surface area contributed by atoms with Crippen molar-refractivity contribution < 1.29 is 4.79 Å². The van der Waals surface area contributed by atoms with Gasteiger partial charge in [-0.15, -0.1) is 0 Å². The molecule has 0 aliphatic carbocycles. The summed E-state index contributed by atoms with van der Waals surface area (Å²) in [5.74, 6) is -0.348. The number of thiazole rings is 1. The number of anilines is 1. The highest BCUT2D eigenvalue weighted by atomic mass is 35.5. The fourth-order valence-electron chi connectivity index (χ4n) is 2.67. The number of rotatable bonds is 4. The van der Waals surface area contributed by atoms with Gasteiger partial charge < -0.3 is 0 Å². The summed E-state index contributed by atoms with van der Waals surface area (Å²) in [7, 11) is 0. The number of amides is 1. The lowest BCUT2D eigenvalue weighted by Crippen LogP contribution is -2.12. The maximum absolute atomic E-state index is 12.6. The van der Waals surface area contributed by atoms with Gasteiger partial charge in [-0.3, -0.25) is 10.1 Å². The van der Waals surface area contributed by atoms with E-state index in [1.165, 1.54) is 23.6 Å². The zero-order valence-electron chi connectivity index (χ0n) is 14.4. The zero-order valence-corrected chi connectivity index (χ0v) is 16.7. The Balaban J connectivity index is 1.71. The molecule has 7 heteroatoms. The van der Waals surface area contributed by atoms with Gasteiger partial charge >= 0.3 is 0 Å². The summed E-state index contributed by atoms with van der Waals surface area (Å²) < 4.78 is 0. The van der Waals surface area contributed by atoms with Gasteiger partial charge in [0.25, 0.3) is 5.91 Å². The van der Waals surface area contributed by atoms with Gasteiger partial charge in [0.1, 0.15) is 5.15 Å². The topological polar surface area (TPSA) is 54.9 Å². The molecular weight excluding hydrogens is 413 g/mol. The number of carbonyl (C=O) groups is 1. The van der Waals surface area contributed by atoms with Crippen LogP contribution in [0.5, 0.6) is 0 Å². The van der Waals surface area contributed by atoms with Crippen molar-refractivity contribution in [2.75, 3.05) is 5.32 Å². The van der Waals surface area contributed by atoms with Crippen LogP contribution in [-0.4, -0.2) is 15.9 Å². The second-order valence-electron chi connectivity index (χ2n) is 5.88. The molecule has 0 radical (unpaired) electrons. The Morgan fingerprint density at radius 1 is 0.929 bits per heavy atom. The van der Waals surface area contributed by atoms with E-state index in [1.54, 1.807) is 0 Å². The minimum absolute atomic E-state index is 0.158. The molecule has 0 aliphatic rings. The molecule has 0 saturated heterocycles. The van der Waals surface area contributed by atoms with Gasteiger partial charge in [-0.2, -0.15) is 0 Å². The third kappa shape index (κ3) is 3.92. The minimum atomic E-state index is -0.348. The first kappa shape index (κ1) is 18.6. The fraction of sp³-hybridized carbons (Fsp3) is 0. The molecular formula is C21H13Cl2N3OS. The van der Waals surface area contributed by atoms with E-state index in [0.717, 1.165) is 21.7 Å². The predicted molar refractivity (Wildman–Crippen MR) is 115 cm³/mol. The van der Waals surface area contributed by atoms with E-state index in [1.807, 2.05) is 60.7 Å². The Morgan fingerprint density at radius 3 is 2.21 bits per heavy atom. The maximum Gasteiger partial charge on any atom is 0.259 e. The van der Waals surface area contributed by atoms with Crippen LogP contribution in [0.15, 0.2) is 72.9 Å². The number of pyridine rings is 1. The van der Waals surface area contributed by atoms with E-state index < -0.39 is 0 Å². The lowest BCUT2D eigenvalue weighted by Gasteiger charge is -2.02. The number of halogens is 2. The number of carbonyl (C=O) groups excluding carboxylic acids is 1. The van der Waals surface area contributed by atoms with E-state index >= 15 is 0 Å². The molecule has 2 aromatic heterocycles. The van der Waals surface area contributed by atoms with Gasteiger partial charge in [0, 0.05) is 11.8 Å². The third-order valence-electron chi connectivity index (χ3n) is 3.99. The molecule has 0 saturated carbocycles. The quantitative estimate of drug-likeness (QED) is 0.383. The summed E-state index contributed by atoms with van der Waals surface area (Å²) in [6.45, 7) is 0. The number of benzene rings is 2. The van der Waals surface area contributed by atoms with Crippen LogP contribution in [0.1, 0.15) is 10.4 Å². The molecule has 138 valence electrons. The first-order valence-electron chi connectivity index (χ1n) is 8.36. The summed E-state index contributed by atoms with van der Waals surface area (Å²) in [6.07, 6.45) is 1.38. The molecule has 28 heavy (non-hydrogen) atoms. The lowest BCUT2D eigenvalue weighted by molar-refractivity contribution is 0.102. The molecule has 4 nitrogen and oxygen atoms in total. The Kier molecular flexibility index (Phi) is 5.39. The van der Waals surface area contributed by atoms with Gasteiger partial charge in [0.05, 0.1) is 21.2 Å². The van der Waals surface area contributed by atoms with Crippen molar-refractivity contribution in [3.63, 3.8) is 0 Å². The molecule has 0 spiro atoms. The Labute approximate surface area is 175 Å². The smallest absolute Gasteiger partial charge is 0.259 e. The van der Waals surface area contributed by atoms with Crippen molar-refractivity contribution in [3.05, 3.63) is 88.7 Å². The van der Waals surface area contributed by atoms with Crippen LogP contribution in [0.4, 0.5) is 5.13 Å². The molecule has 0 atom stereocenters. The van der Waals surface area contributed by atoms with Crippen molar-refractivity contribution in [2.45, 2.75) is 0 Å². The normalized spacial score (nSPS) is 10.6. The van der Waals surface area contributed by atoms with Gasteiger partial charge in [-0.25, -0.2) is 9.97 Å². The van der Waals surface area contributed by atoms with Crippen LogP contribution in [0, 0.1) is 0 Å². The standard InChI is InChI=1S/C21H13Cl2N3OS/c22-16-11-15(12-24-19(16)23)20(27)26-21-25-17(13-7-3-1-4-8-13)18(28-21)14-9-5-2-6-10-14/h1-12H,(H,25,26,27). The third-order valence-corrected chi connectivity index (χ3v) is 5.70. The molecule has 4 rings (SSSR count). The number of hydrogen-bond acceptors (Lipinski definition) is 4. The van der Waals surface area contributed by atoms with Crippen LogP contribution in [0.25, 0.3) is 21.7 Å². The van der Waals surface area contributed by atoms with E-state index in [0.29, 0.717) is 10.7 Å².